The molecule has 1 rings (SSSR count). The minimum Gasteiger partial charge on any atom is -0.356 e. The first kappa shape index (κ1) is 20.1. The molecule has 6 heteroatoms. The van der Waals surface area contributed by atoms with Gasteiger partial charge in [0.15, 0.2) is 17.6 Å². The number of rotatable bonds is 5. The van der Waals surface area contributed by atoms with Crippen molar-refractivity contribution >= 4 is 29.9 Å². The fourth-order valence-electron chi connectivity index (χ4n) is 1.63. The van der Waals surface area contributed by atoms with Crippen molar-refractivity contribution in [2.75, 3.05) is 13.6 Å². The van der Waals surface area contributed by atoms with Crippen LogP contribution in [0.1, 0.15) is 26.3 Å². The predicted octanol–water partition coefficient (Wildman–Crippen LogP) is 3.33. The maximum absolute atomic E-state index is 13.5. The van der Waals surface area contributed by atoms with Crippen LogP contribution in [0.3, 0.4) is 0 Å². The maximum atomic E-state index is 13.5. The van der Waals surface area contributed by atoms with E-state index in [1.807, 2.05) is 0 Å². The van der Waals surface area contributed by atoms with Gasteiger partial charge < -0.3 is 10.6 Å². The second-order valence-corrected chi connectivity index (χ2v) is 5.14. The lowest BCUT2D eigenvalue weighted by atomic mass is 10.1. The first-order chi connectivity index (χ1) is 9.45. The molecule has 0 amide bonds. The van der Waals surface area contributed by atoms with E-state index in [1.54, 1.807) is 13.1 Å². The predicted molar refractivity (Wildman–Crippen MR) is 94.3 cm³/mol. The number of hydrogen-bond acceptors (Lipinski definition) is 1. The molecular weight excluding hydrogens is 387 g/mol. The summed E-state index contributed by atoms with van der Waals surface area (Å²) >= 11 is 0. The summed E-state index contributed by atoms with van der Waals surface area (Å²) < 4.78 is 26.5. The van der Waals surface area contributed by atoms with E-state index in [-0.39, 0.29) is 30.0 Å². The Balaban J connectivity index is 0.00000400. The highest BCUT2D eigenvalue weighted by molar-refractivity contribution is 14.0. The lowest BCUT2D eigenvalue weighted by Crippen LogP contribution is -2.44. The number of nitrogens with zero attached hydrogens (tertiary/aromatic N) is 1. The SMILES string of the molecule is CN=C(NCCc1cccc(F)c1F)NC(C)C(C)C.I. The molecule has 0 bridgehead atoms. The van der Waals surface area contributed by atoms with Gasteiger partial charge in [-0.1, -0.05) is 26.0 Å². The topological polar surface area (TPSA) is 36.4 Å². The van der Waals surface area contributed by atoms with Gasteiger partial charge in [0.1, 0.15) is 0 Å². The summed E-state index contributed by atoms with van der Waals surface area (Å²) in [4.78, 5) is 4.11. The van der Waals surface area contributed by atoms with Gasteiger partial charge in [-0.05, 0) is 30.9 Å². The third kappa shape index (κ3) is 6.58. The first-order valence-electron chi connectivity index (χ1n) is 6.85. The summed E-state index contributed by atoms with van der Waals surface area (Å²) in [6.07, 6.45) is 0.403. The van der Waals surface area contributed by atoms with Gasteiger partial charge in [0.25, 0.3) is 0 Å². The van der Waals surface area contributed by atoms with E-state index in [1.165, 1.54) is 6.07 Å². The van der Waals surface area contributed by atoms with Gasteiger partial charge >= 0.3 is 0 Å². The molecule has 1 atom stereocenters. The minimum atomic E-state index is -0.807. The monoisotopic (exact) mass is 411 g/mol. The van der Waals surface area contributed by atoms with Gasteiger partial charge in [0, 0.05) is 19.6 Å². The minimum absolute atomic E-state index is 0. The summed E-state index contributed by atoms with van der Waals surface area (Å²) in [5.74, 6) is -0.427. The molecule has 3 nitrogen and oxygen atoms in total. The van der Waals surface area contributed by atoms with Gasteiger partial charge in [-0.15, -0.1) is 24.0 Å². The Hall–Kier alpha value is -0.920. The summed E-state index contributed by atoms with van der Waals surface area (Å²) in [7, 11) is 1.69. The van der Waals surface area contributed by atoms with Crippen LogP contribution in [0.5, 0.6) is 0 Å². The van der Waals surface area contributed by atoms with Crippen LogP contribution in [-0.2, 0) is 6.42 Å². The third-order valence-corrected chi connectivity index (χ3v) is 3.31. The van der Waals surface area contributed by atoms with Crippen LogP contribution in [0, 0.1) is 17.6 Å². The van der Waals surface area contributed by atoms with Gasteiger partial charge in [-0.25, -0.2) is 8.78 Å². The summed E-state index contributed by atoms with van der Waals surface area (Å²) in [6.45, 7) is 6.80. The standard InChI is InChI=1S/C15H23F2N3.HI/c1-10(2)11(3)20-15(18-4)19-9-8-12-6-5-7-13(16)14(12)17;/h5-7,10-11H,8-9H2,1-4H3,(H2,18,19,20);1H. The molecule has 0 spiro atoms. The Morgan fingerprint density at radius 3 is 2.48 bits per heavy atom. The van der Waals surface area contributed by atoms with Crippen molar-refractivity contribution in [3.8, 4) is 0 Å². The van der Waals surface area contributed by atoms with E-state index in [4.69, 9.17) is 0 Å². The van der Waals surface area contributed by atoms with Crippen molar-refractivity contribution in [3.63, 3.8) is 0 Å². The quantitative estimate of drug-likeness (QED) is 0.443. The normalized spacial score (nSPS) is 12.8. The van der Waals surface area contributed by atoms with E-state index < -0.39 is 11.6 Å². The summed E-state index contributed by atoms with van der Waals surface area (Å²) in [5.41, 5.74) is 0.366. The number of hydrogen-bond donors (Lipinski definition) is 2. The smallest absolute Gasteiger partial charge is 0.191 e. The van der Waals surface area contributed by atoms with Crippen molar-refractivity contribution in [1.29, 1.82) is 0 Å². The molecule has 0 radical (unpaired) electrons. The van der Waals surface area contributed by atoms with Gasteiger partial charge in [-0.3, -0.25) is 4.99 Å². The fraction of sp³-hybridized carbons (Fsp3) is 0.533. The molecule has 1 aromatic rings. The van der Waals surface area contributed by atoms with Crippen molar-refractivity contribution in [3.05, 3.63) is 35.4 Å². The van der Waals surface area contributed by atoms with Crippen LogP contribution in [0.25, 0.3) is 0 Å². The van der Waals surface area contributed by atoms with Crippen LogP contribution < -0.4 is 10.6 Å². The average Bonchev–Trinajstić information content (AvgIpc) is 2.41. The molecule has 0 fully saturated rings. The molecule has 21 heavy (non-hydrogen) atoms. The lowest BCUT2D eigenvalue weighted by molar-refractivity contribution is 0.480. The van der Waals surface area contributed by atoms with E-state index >= 15 is 0 Å². The van der Waals surface area contributed by atoms with Crippen LogP contribution >= 0.6 is 24.0 Å². The van der Waals surface area contributed by atoms with Crippen molar-refractivity contribution in [1.82, 2.24) is 10.6 Å². The number of aliphatic imine (C=N–C) groups is 1. The molecular formula is C15H24F2IN3. The number of nitrogens with one attached hydrogen (secondary N) is 2. The lowest BCUT2D eigenvalue weighted by Gasteiger charge is -2.20. The van der Waals surface area contributed by atoms with E-state index in [0.29, 0.717) is 30.4 Å². The Labute approximate surface area is 142 Å². The zero-order valence-corrected chi connectivity index (χ0v) is 15.2. The van der Waals surface area contributed by atoms with Crippen LogP contribution in [-0.4, -0.2) is 25.6 Å². The Bertz CT molecular complexity index is 464. The molecule has 0 aliphatic heterocycles. The molecule has 0 aliphatic rings. The summed E-state index contributed by atoms with van der Waals surface area (Å²) in [5, 5.41) is 6.35. The molecule has 0 saturated heterocycles. The van der Waals surface area contributed by atoms with Crippen LogP contribution in [0.2, 0.25) is 0 Å². The molecule has 0 aromatic heterocycles. The Morgan fingerprint density at radius 2 is 1.90 bits per heavy atom. The second-order valence-electron chi connectivity index (χ2n) is 5.14. The maximum Gasteiger partial charge on any atom is 0.191 e. The van der Waals surface area contributed by atoms with E-state index in [0.717, 1.165) is 6.07 Å². The van der Waals surface area contributed by atoms with Gasteiger partial charge in [-0.2, -0.15) is 0 Å². The van der Waals surface area contributed by atoms with Crippen LogP contribution in [0.15, 0.2) is 23.2 Å². The average molecular weight is 411 g/mol. The molecule has 1 unspecified atom stereocenters. The molecule has 1 aromatic carbocycles. The van der Waals surface area contributed by atoms with Crippen molar-refractivity contribution in [2.45, 2.75) is 33.2 Å². The van der Waals surface area contributed by atoms with E-state index in [2.05, 4.69) is 36.4 Å². The number of halogens is 3. The molecule has 0 heterocycles. The second kappa shape index (κ2) is 9.92. The highest BCUT2D eigenvalue weighted by Crippen LogP contribution is 2.11. The highest BCUT2D eigenvalue weighted by Gasteiger charge is 2.10. The highest BCUT2D eigenvalue weighted by atomic mass is 127. The molecule has 2 N–H and O–H groups in total. The fourth-order valence-corrected chi connectivity index (χ4v) is 1.63. The van der Waals surface area contributed by atoms with Crippen LogP contribution in [0.4, 0.5) is 8.78 Å². The van der Waals surface area contributed by atoms with E-state index in [9.17, 15) is 8.78 Å². The Kier molecular flexibility index (Phi) is 9.48. The van der Waals surface area contributed by atoms with Crippen molar-refractivity contribution < 1.29 is 8.78 Å². The molecule has 0 aliphatic carbocycles. The van der Waals surface area contributed by atoms with Crippen molar-refractivity contribution in [2.24, 2.45) is 10.9 Å². The number of guanidine groups is 1. The zero-order chi connectivity index (χ0) is 15.1. The number of benzene rings is 1. The Morgan fingerprint density at radius 1 is 1.24 bits per heavy atom. The molecule has 0 saturated carbocycles. The van der Waals surface area contributed by atoms with Gasteiger partial charge in [0.05, 0.1) is 0 Å². The third-order valence-electron chi connectivity index (χ3n) is 3.31. The summed E-state index contributed by atoms with van der Waals surface area (Å²) in [6, 6.07) is 4.51. The van der Waals surface area contributed by atoms with Gasteiger partial charge in [0.2, 0.25) is 0 Å². The largest absolute Gasteiger partial charge is 0.356 e. The molecule has 120 valence electrons. The first-order valence-corrected chi connectivity index (χ1v) is 6.85. The zero-order valence-electron chi connectivity index (χ0n) is 12.9.